The largest absolute Gasteiger partial charge is 0.454 e. The molecule has 174 valence electrons. The minimum Gasteiger partial charge on any atom is -0.454 e. The Hall–Kier alpha value is -3.52. The van der Waals surface area contributed by atoms with Crippen LogP contribution in [0.2, 0.25) is 0 Å². The first-order valence-electron chi connectivity index (χ1n) is 11.6. The van der Waals surface area contributed by atoms with Crippen LogP contribution in [-0.4, -0.2) is 53.6 Å². The lowest BCUT2D eigenvalue weighted by Crippen LogP contribution is -2.46. The molecule has 1 fully saturated rings. The molecule has 0 saturated carbocycles. The van der Waals surface area contributed by atoms with E-state index in [0.717, 1.165) is 55.5 Å². The molecule has 0 amide bonds. The first-order chi connectivity index (χ1) is 16.6. The van der Waals surface area contributed by atoms with E-state index in [9.17, 15) is 9.18 Å². The van der Waals surface area contributed by atoms with E-state index in [2.05, 4.69) is 26.9 Å². The molecule has 2 aromatic carbocycles. The number of aromatic nitrogens is 2. The molecule has 3 aliphatic rings. The molecule has 1 aromatic heterocycles. The van der Waals surface area contributed by atoms with E-state index in [0.29, 0.717) is 24.4 Å². The lowest BCUT2D eigenvalue weighted by molar-refractivity contribution is 0.0962. The fourth-order valence-corrected chi connectivity index (χ4v) is 4.96. The number of carbonyl (C=O) groups excluding carboxylic acids is 1. The lowest BCUT2D eigenvalue weighted by atomic mass is 9.82. The Kier molecular flexibility index (Phi) is 5.37. The van der Waals surface area contributed by atoms with Crippen molar-refractivity contribution in [3.05, 3.63) is 76.9 Å². The van der Waals surface area contributed by atoms with Gasteiger partial charge >= 0.3 is 0 Å². The van der Waals surface area contributed by atoms with Crippen molar-refractivity contribution in [1.29, 1.82) is 0 Å². The van der Waals surface area contributed by atoms with Gasteiger partial charge in [-0.1, -0.05) is 18.2 Å². The summed E-state index contributed by atoms with van der Waals surface area (Å²) in [5.41, 5.74) is 3.58. The highest BCUT2D eigenvalue weighted by molar-refractivity contribution is 5.98. The monoisotopic (exact) mass is 460 g/mol. The van der Waals surface area contributed by atoms with Gasteiger partial charge in [-0.25, -0.2) is 14.4 Å². The van der Waals surface area contributed by atoms with E-state index in [1.807, 2.05) is 6.07 Å². The number of carbonyl (C=O) groups is 1. The summed E-state index contributed by atoms with van der Waals surface area (Å²) in [5.74, 6) is 2.09. The number of ketones is 1. The van der Waals surface area contributed by atoms with Gasteiger partial charge in [0.15, 0.2) is 17.3 Å². The third-order valence-electron chi connectivity index (χ3n) is 6.87. The second-order valence-corrected chi connectivity index (χ2v) is 9.06. The first kappa shape index (κ1) is 21.0. The van der Waals surface area contributed by atoms with E-state index >= 15 is 0 Å². The normalized spacial score (nSPS) is 19.9. The van der Waals surface area contributed by atoms with Gasteiger partial charge in [-0.15, -0.1) is 0 Å². The van der Waals surface area contributed by atoms with Gasteiger partial charge in [0, 0.05) is 45.3 Å². The number of Topliss-reactive ketones (excluding diaryl/α,β-unsaturated/α-hetero) is 1. The number of hydrogen-bond donors (Lipinski definition) is 0. The number of halogens is 1. The Labute approximate surface area is 197 Å². The molecular formula is C26H25FN4O3. The topological polar surface area (TPSA) is 67.8 Å². The Morgan fingerprint density at radius 3 is 2.59 bits per heavy atom. The molecule has 1 saturated heterocycles. The van der Waals surface area contributed by atoms with E-state index < -0.39 is 0 Å². The quantitative estimate of drug-likeness (QED) is 0.590. The van der Waals surface area contributed by atoms with Crippen molar-refractivity contribution in [2.24, 2.45) is 0 Å². The van der Waals surface area contributed by atoms with Gasteiger partial charge < -0.3 is 14.4 Å². The highest BCUT2D eigenvalue weighted by atomic mass is 19.1. The van der Waals surface area contributed by atoms with Crippen LogP contribution in [-0.2, 0) is 13.0 Å². The number of anilines is 1. The zero-order chi connectivity index (χ0) is 23.1. The molecule has 0 bridgehead atoms. The van der Waals surface area contributed by atoms with Crippen LogP contribution < -0.4 is 14.4 Å². The highest BCUT2D eigenvalue weighted by Gasteiger charge is 2.29. The predicted octanol–water partition coefficient (Wildman–Crippen LogP) is 3.58. The van der Waals surface area contributed by atoms with Crippen molar-refractivity contribution in [3.63, 3.8) is 0 Å². The highest BCUT2D eigenvalue weighted by Crippen LogP contribution is 2.34. The summed E-state index contributed by atoms with van der Waals surface area (Å²) in [4.78, 5) is 26.6. The van der Waals surface area contributed by atoms with E-state index in [4.69, 9.17) is 14.5 Å². The third kappa shape index (κ3) is 4.09. The number of hydrogen-bond acceptors (Lipinski definition) is 7. The Balaban J connectivity index is 1.12. The number of rotatable bonds is 4. The van der Waals surface area contributed by atoms with Crippen LogP contribution in [0.1, 0.15) is 39.5 Å². The molecule has 0 radical (unpaired) electrons. The molecule has 2 aliphatic heterocycles. The molecule has 0 N–H and O–H groups in total. The second-order valence-electron chi connectivity index (χ2n) is 9.06. The maximum Gasteiger partial charge on any atom is 0.231 e. The number of fused-ring (bicyclic) bond motifs is 2. The maximum atomic E-state index is 13.3. The molecule has 1 aliphatic carbocycles. The van der Waals surface area contributed by atoms with Crippen LogP contribution in [0.4, 0.5) is 10.3 Å². The zero-order valence-electron chi connectivity index (χ0n) is 18.7. The van der Waals surface area contributed by atoms with Gasteiger partial charge in [0.25, 0.3) is 0 Å². The van der Waals surface area contributed by atoms with Crippen molar-refractivity contribution in [3.8, 4) is 11.5 Å². The minimum absolute atomic E-state index is 0.0156. The van der Waals surface area contributed by atoms with Crippen LogP contribution in [0.15, 0.2) is 48.7 Å². The van der Waals surface area contributed by atoms with Crippen LogP contribution >= 0.6 is 0 Å². The van der Waals surface area contributed by atoms with Crippen molar-refractivity contribution in [1.82, 2.24) is 14.9 Å². The van der Waals surface area contributed by atoms with Crippen molar-refractivity contribution in [2.45, 2.75) is 25.3 Å². The van der Waals surface area contributed by atoms with Crippen LogP contribution in [0.25, 0.3) is 0 Å². The van der Waals surface area contributed by atoms with Crippen LogP contribution in [0, 0.1) is 5.82 Å². The fourth-order valence-electron chi connectivity index (χ4n) is 4.96. The number of ether oxygens (including phenoxy) is 2. The van der Waals surface area contributed by atoms with Crippen LogP contribution in [0.3, 0.4) is 0 Å². The summed E-state index contributed by atoms with van der Waals surface area (Å²) in [6.45, 7) is 4.56. The second kappa shape index (κ2) is 8.68. The molecule has 3 heterocycles. The van der Waals surface area contributed by atoms with Gasteiger partial charge in [-0.2, -0.15) is 0 Å². The average Bonchev–Trinajstić information content (AvgIpc) is 3.33. The van der Waals surface area contributed by atoms with Gasteiger partial charge in [0.1, 0.15) is 5.82 Å². The molecule has 1 atom stereocenters. The van der Waals surface area contributed by atoms with E-state index in [-0.39, 0.29) is 24.3 Å². The molecule has 7 nitrogen and oxygen atoms in total. The van der Waals surface area contributed by atoms with Gasteiger partial charge in [0.2, 0.25) is 12.7 Å². The van der Waals surface area contributed by atoms with Crippen LogP contribution in [0.5, 0.6) is 11.5 Å². The summed E-state index contributed by atoms with van der Waals surface area (Å²) in [7, 11) is 0. The lowest BCUT2D eigenvalue weighted by Gasteiger charge is -2.35. The predicted molar refractivity (Wildman–Crippen MR) is 124 cm³/mol. The SMILES string of the molecule is O=C1C[C@H](c2ccc(F)cc2)Cc2nc(N3CCN(Cc4ccc5c(c4)OCO5)CC3)ncc21. The molecular weight excluding hydrogens is 435 g/mol. The molecule has 6 rings (SSSR count). The molecule has 8 heteroatoms. The zero-order valence-corrected chi connectivity index (χ0v) is 18.7. The molecule has 3 aromatic rings. The number of benzene rings is 2. The van der Waals surface area contributed by atoms with E-state index in [1.165, 1.54) is 17.7 Å². The minimum atomic E-state index is -0.270. The average molecular weight is 461 g/mol. The summed E-state index contributed by atoms with van der Waals surface area (Å²) in [6.07, 6.45) is 2.74. The van der Waals surface area contributed by atoms with Gasteiger partial charge in [-0.05, 0) is 47.7 Å². The molecule has 0 unspecified atom stereocenters. The summed E-state index contributed by atoms with van der Waals surface area (Å²) < 4.78 is 24.2. The number of nitrogens with zero attached hydrogens (tertiary/aromatic N) is 4. The summed E-state index contributed by atoms with van der Waals surface area (Å²) in [5, 5.41) is 0. The molecule has 0 spiro atoms. The maximum absolute atomic E-state index is 13.3. The number of piperazine rings is 1. The van der Waals surface area contributed by atoms with Gasteiger partial charge in [0.05, 0.1) is 11.3 Å². The third-order valence-corrected chi connectivity index (χ3v) is 6.87. The standard InChI is InChI=1S/C26H25FN4O3/c27-20-4-2-18(3-5-20)19-12-22-21(23(32)13-19)14-28-26(29-22)31-9-7-30(8-10-31)15-17-1-6-24-25(11-17)34-16-33-24/h1-6,11,14,19H,7-10,12-13,15-16H2/t19-/m1/s1. The Morgan fingerprint density at radius 2 is 1.76 bits per heavy atom. The van der Waals surface area contributed by atoms with Crippen molar-refractivity contribution in [2.75, 3.05) is 37.9 Å². The summed E-state index contributed by atoms with van der Waals surface area (Å²) in [6, 6.07) is 12.5. The van der Waals surface area contributed by atoms with Crippen molar-refractivity contribution < 1.29 is 18.7 Å². The van der Waals surface area contributed by atoms with Crippen molar-refractivity contribution >= 4 is 11.7 Å². The fraction of sp³-hybridized carbons (Fsp3) is 0.346. The smallest absolute Gasteiger partial charge is 0.231 e. The summed E-state index contributed by atoms with van der Waals surface area (Å²) >= 11 is 0. The Bertz CT molecular complexity index is 1230. The van der Waals surface area contributed by atoms with Gasteiger partial charge in [-0.3, -0.25) is 9.69 Å². The Morgan fingerprint density at radius 1 is 0.971 bits per heavy atom. The molecule has 34 heavy (non-hydrogen) atoms. The van der Waals surface area contributed by atoms with E-state index in [1.54, 1.807) is 18.3 Å². The first-order valence-corrected chi connectivity index (χ1v) is 11.6.